The van der Waals surface area contributed by atoms with E-state index in [4.69, 9.17) is 4.74 Å². The van der Waals surface area contributed by atoms with Crippen LogP contribution in [0.15, 0.2) is 48.5 Å². The quantitative estimate of drug-likeness (QED) is 0.617. The molecular weight excluding hydrogens is 392 g/mol. The predicted molar refractivity (Wildman–Crippen MR) is 121 cm³/mol. The zero-order chi connectivity index (χ0) is 22.2. The van der Waals surface area contributed by atoms with Crippen LogP contribution in [0, 0.1) is 5.92 Å². The Morgan fingerprint density at radius 2 is 1.71 bits per heavy atom. The lowest BCUT2D eigenvalue weighted by Crippen LogP contribution is -2.28. The fraction of sp³-hybridized carbons (Fsp3) is 0.400. The SMILES string of the molecule is CCCCc1ccc(N2C[C@@H](C(=O)OCC(=O)Nc3ccc(CC)cc3)CC2=O)cc1. The molecule has 1 saturated heterocycles. The Kier molecular flexibility index (Phi) is 7.82. The molecule has 0 unspecified atom stereocenters. The molecule has 31 heavy (non-hydrogen) atoms. The fourth-order valence-electron chi connectivity index (χ4n) is 3.61. The lowest BCUT2D eigenvalue weighted by atomic mass is 10.1. The summed E-state index contributed by atoms with van der Waals surface area (Å²) in [4.78, 5) is 38.5. The molecule has 0 saturated carbocycles. The van der Waals surface area contributed by atoms with Gasteiger partial charge in [0.15, 0.2) is 6.61 Å². The molecule has 0 spiro atoms. The molecule has 1 aliphatic rings. The Morgan fingerprint density at radius 3 is 2.35 bits per heavy atom. The lowest BCUT2D eigenvalue weighted by Gasteiger charge is -2.17. The van der Waals surface area contributed by atoms with Crippen molar-refractivity contribution in [2.75, 3.05) is 23.4 Å². The number of aryl methyl sites for hydroxylation is 2. The van der Waals surface area contributed by atoms with Crippen LogP contribution in [0.3, 0.4) is 0 Å². The summed E-state index contributed by atoms with van der Waals surface area (Å²) in [6.07, 6.45) is 4.31. The number of esters is 1. The van der Waals surface area contributed by atoms with Gasteiger partial charge in [-0.2, -0.15) is 0 Å². The Morgan fingerprint density at radius 1 is 1.03 bits per heavy atom. The van der Waals surface area contributed by atoms with Crippen molar-refractivity contribution >= 4 is 29.2 Å². The summed E-state index contributed by atoms with van der Waals surface area (Å²) in [6, 6.07) is 15.4. The van der Waals surface area contributed by atoms with Gasteiger partial charge in [-0.25, -0.2) is 0 Å². The first-order valence-electron chi connectivity index (χ1n) is 10.9. The number of anilines is 2. The van der Waals surface area contributed by atoms with Gasteiger partial charge < -0.3 is 15.0 Å². The minimum atomic E-state index is -0.566. The van der Waals surface area contributed by atoms with Gasteiger partial charge in [0, 0.05) is 24.3 Å². The second kappa shape index (κ2) is 10.8. The molecule has 1 heterocycles. The van der Waals surface area contributed by atoms with E-state index in [0.717, 1.165) is 31.4 Å². The first-order valence-corrected chi connectivity index (χ1v) is 10.9. The molecule has 1 atom stereocenters. The molecule has 1 fully saturated rings. The van der Waals surface area contributed by atoms with E-state index in [1.807, 2.05) is 48.5 Å². The van der Waals surface area contributed by atoms with Gasteiger partial charge in [-0.1, -0.05) is 44.5 Å². The van der Waals surface area contributed by atoms with Crippen LogP contribution in [0.1, 0.15) is 44.2 Å². The summed E-state index contributed by atoms with van der Waals surface area (Å²) in [5, 5.41) is 2.71. The maximum Gasteiger partial charge on any atom is 0.311 e. The van der Waals surface area contributed by atoms with Crippen LogP contribution in [0.5, 0.6) is 0 Å². The van der Waals surface area contributed by atoms with E-state index in [1.165, 1.54) is 11.1 Å². The number of rotatable bonds is 9. The molecule has 1 aliphatic heterocycles. The molecule has 2 aromatic carbocycles. The Bertz CT molecular complexity index is 906. The van der Waals surface area contributed by atoms with Gasteiger partial charge in [0.2, 0.25) is 5.91 Å². The number of hydrogen-bond donors (Lipinski definition) is 1. The van der Waals surface area contributed by atoms with Crippen LogP contribution in [0.25, 0.3) is 0 Å². The summed E-state index contributed by atoms with van der Waals surface area (Å²) in [5.74, 6) is -1.60. The topological polar surface area (TPSA) is 75.7 Å². The molecule has 3 rings (SSSR count). The van der Waals surface area contributed by atoms with Gasteiger partial charge in [0.1, 0.15) is 0 Å². The van der Waals surface area contributed by atoms with E-state index >= 15 is 0 Å². The number of hydrogen-bond acceptors (Lipinski definition) is 4. The van der Waals surface area contributed by atoms with Crippen molar-refractivity contribution in [3.05, 3.63) is 59.7 Å². The van der Waals surface area contributed by atoms with E-state index in [0.29, 0.717) is 5.69 Å². The number of unbranched alkanes of at least 4 members (excludes halogenated alkanes) is 1. The van der Waals surface area contributed by atoms with Crippen molar-refractivity contribution in [3.8, 4) is 0 Å². The highest BCUT2D eigenvalue weighted by Crippen LogP contribution is 2.26. The summed E-state index contributed by atoms with van der Waals surface area (Å²) in [7, 11) is 0. The van der Waals surface area contributed by atoms with Gasteiger partial charge in [0.05, 0.1) is 5.92 Å². The zero-order valence-corrected chi connectivity index (χ0v) is 18.2. The largest absolute Gasteiger partial charge is 0.455 e. The molecular formula is C25H30N2O4. The molecule has 2 aromatic rings. The second-order valence-electron chi connectivity index (χ2n) is 7.88. The third-order valence-electron chi connectivity index (χ3n) is 5.52. The smallest absolute Gasteiger partial charge is 0.311 e. The number of amides is 2. The second-order valence-corrected chi connectivity index (χ2v) is 7.88. The lowest BCUT2D eigenvalue weighted by molar-refractivity contribution is -0.151. The number of ether oxygens (including phenoxy) is 1. The van der Waals surface area contributed by atoms with Gasteiger partial charge >= 0.3 is 5.97 Å². The summed E-state index contributed by atoms with van der Waals surface area (Å²) in [5.41, 5.74) is 3.86. The highest BCUT2D eigenvalue weighted by Gasteiger charge is 2.36. The number of carbonyl (C=O) groups is 3. The number of benzene rings is 2. The van der Waals surface area contributed by atoms with Crippen molar-refractivity contribution in [2.24, 2.45) is 5.92 Å². The number of nitrogens with one attached hydrogen (secondary N) is 1. The molecule has 0 aliphatic carbocycles. The fourth-order valence-corrected chi connectivity index (χ4v) is 3.61. The van der Waals surface area contributed by atoms with Gasteiger partial charge in [-0.15, -0.1) is 0 Å². The van der Waals surface area contributed by atoms with Crippen LogP contribution < -0.4 is 10.2 Å². The average molecular weight is 423 g/mol. The third kappa shape index (κ3) is 6.17. The maximum absolute atomic E-state index is 12.4. The molecule has 0 aromatic heterocycles. The first kappa shape index (κ1) is 22.5. The van der Waals surface area contributed by atoms with Crippen molar-refractivity contribution in [2.45, 2.75) is 46.0 Å². The monoisotopic (exact) mass is 422 g/mol. The Labute approximate surface area is 183 Å². The van der Waals surface area contributed by atoms with Crippen LogP contribution in [0.2, 0.25) is 0 Å². The van der Waals surface area contributed by atoms with Gasteiger partial charge in [0.25, 0.3) is 5.91 Å². The third-order valence-corrected chi connectivity index (χ3v) is 5.52. The van der Waals surface area contributed by atoms with E-state index in [-0.39, 0.29) is 25.5 Å². The van der Waals surface area contributed by atoms with Gasteiger partial charge in [-0.3, -0.25) is 14.4 Å². The summed E-state index contributed by atoms with van der Waals surface area (Å²) in [6.45, 7) is 4.12. The average Bonchev–Trinajstić information content (AvgIpc) is 3.18. The number of nitrogens with zero attached hydrogens (tertiary/aromatic N) is 1. The highest BCUT2D eigenvalue weighted by molar-refractivity contribution is 6.00. The first-order chi connectivity index (χ1) is 15.0. The summed E-state index contributed by atoms with van der Waals surface area (Å²) >= 11 is 0. The molecule has 0 radical (unpaired) electrons. The van der Waals surface area contributed by atoms with Crippen LogP contribution in [0.4, 0.5) is 11.4 Å². The predicted octanol–water partition coefficient (Wildman–Crippen LogP) is 4.13. The highest BCUT2D eigenvalue weighted by atomic mass is 16.5. The van der Waals surface area contributed by atoms with Crippen LogP contribution >= 0.6 is 0 Å². The standard InChI is InChI=1S/C25H30N2O4/c1-3-5-6-19-9-13-22(14-10-19)27-16-20(15-24(27)29)25(30)31-17-23(28)26-21-11-7-18(4-2)8-12-21/h7-14,20H,3-6,15-17H2,1-2H3,(H,26,28)/t20-/m0/s1. The minimum absolute atomic E-state index is 0.0938. The minimum Gasteiger partial charge on any atom is -0.455 e. The zero-order valence-electron chi connectivity index (χ0n) is 18.2. The van der Waals surface area contributed by atoms with E-state index in [2.05, 4.69) is 19.2 Å². The van der Waals surface area contributed by atoms with Crippen molar-refractivity contribution < 1.29 is 19.1 Å². The maximum atomic E-state index is 12.4. The molecule has 0 bridgehead atoms. The van der Waals surface area contributed by atoms with Crippen molar-refractivity contribution in [1.82, 2.24) is 0 Å². The number of carbonyl (C=O) groups excluding carboxylic acids is 3. The molecule has 6 heteroatoms. The van der Waals surface area contributed by atoms with Crippen molar-refractivity contribution in [1.29, 1.82) is 0 Å². The summed E-state index contributed by atoms with van der Waals surface area (Å²) < 4.78 is 5.17. The van der Waals surface area contributed by atoms with Crippen LogP contribution in [-0.4, -0.2) is 30.9 Å². The van der Waals surface area contributed by atoms with Crippen LogP contribution in [-0.2, 0) is 32.0 Å². The molecule has 164 valence electrons. The molecule has 1 N–H and O–H groups in total. The van der Waals surface area contributed by atoms with Gasteiger partial charge in [-0.05, 0) is 54.7 Å². The van der Waals surface area contributed by atoms with E-state index in [9.17, 15) is 14.4 Å². The van der Waals surface area contributed by atoms with E-state index < -0.39 is 17.8 Å². The normalized spacial score (nSPS) is 15.7. The van der Waals surface area contributed by atoms with Crippen molar-refractivity contribution in [3.63, 3.8) is 0 Å². The Balaban J connectivity index is 1.48. The van der Waals surface area contributed by atoms with E-state index in [1.54, 1.807) is 4.90 Å². The molecule has 2 amide bonds. The molecule has 6 nitrogen and oxygen atoms in total. The Hall–Kier alpha value is -3.15.